The Balaban J connectivity index is 1.63. The highest BCUT2D eigenvalue weighted by molar-refractivity contribution is 7.92. The fraction of sp³-hybridized carbons (Fsp3) is 0.286. The first kappa shape index (κ1) is 24.8. The number of ether oxygens (including phenoxy) is 1. The van der Waals surface area contributed by atoms with Crippen molar-refractivity contribution >= 4 is 26.6 Å². The number of aromatic nitrogens is 2. The second-order valence-corrected chi connectivity index (χ2v) is 11.2. The first-order chi connectivity index (χ1) is 17.8. The molecule has 1 aliphatic carbocycles. The molecule has 0 aliphatic heterocycles. The normalized spacial score (nSPS) is 13.8. The number of anilines is 1. The average molecular weight is 519 g/mol. The molecule has 1 aliphatic rings. The summed E-state index contributed by atoms with van der Waals surface area (Å²) in [6.45, 7) is 3.68. The third kappa shape index (κ3) is 4.77. The number of aryl methyl sites for hydroxylation is 1. The van der Waals surface area contributed by atoms with Gasteiger partial charge < -0.3 is 9.30 Å². The lowest BCUT2D eigenvalue weighted by atomic mass is 9.92. The number of rotatable bonds is 8. The number of nitriles is 1. The first-order valence-electron chi connectivity index (χ1n) is 12.3. The van der Waals surface area contributed by atoms with E-state index >= 15 is 4.39 Å². The van der Waals surface area contributed by atoms with Crippen molar-refractivity contribution in [1.82, 2.24) is 9.55 Å². The number of pyridine rings is 1. The Bertz CT molecular complexity index is 1640. The van der Waals surface area contributed by atoms with E-state index in [1.54, 1.807) is 19.2 Å². The van der Waals surface area contributed by atoms with Gasteiger partial charge in [-0.2, -0.15) is 5.26 Å². The summed E-state index contributed by atoms with van der Waals surface area (Å²) in [4.78, 5) is 4.30. The molecule has 0 amide bonds. The summed E-state index contributed by atoms with van der Waals surface area (Å²) >= 11 is 0. The quantitative estimate of drug-likeness (QED) is 0.280. The SMILES string of the molecule is CCCS(=O)(=O)Nc1ccc(-c2c(C#N)c3ccc(Oc4ncccc4C)cc3n2C2CCC2)c(F)c1. The van der Waals surface area contributed by atoms with Crippen LogP contribution >= 0.6 is 0 Å². The maximum absolute atomic E-state index is 15.5. The van der Waals surface area contributed by atoms with Gasteiger partial charge in [-0.3, -0.25) is 4.72 Å². The number of fused-ring (bicyclic) bond motifs is 1. The van der Waals surface area contributed by atoms with E-state index in [0.29, 0.717) is 34.7 Å². The van der Waals surface area contributed by atoms with E-state index in [4.69, 9.17) is 4.74 Å². The average Bonchev–Trinajstić information content (AvgIpc) is 3.12. The van der Waals surface area contributed by atoms with E-state index < -0.39 is 15.8 Å². The van der Waals surface area contributed by atoms with Crippen molar-refractivity contribution in [2.45, 2.75) is 45.6 Å². The lowest BCUT2D eigenvalue weighted by Gasteiger charge is -2.30. The van der Waals surface area contributed by atoms with E-state index in [2.05, 4.69) is 15.8 Å². The molecule has 1 saturated carbocycles. The van der Waals surface area contributed by atoms with Crippen LogP contribution in [0.3, 0.4) is 0 Å². The molecule has 2 aromatic carbocycles. The molecule has 0 unspecified atom stereocenters. The van der Waals surface area contributed by atoms with Crippen molar-refractivity contribution in [2.24, 2.45) is 0 Å². The molecule has 0 atom stereocenters. The molecule has 37 heavy (non-hydrogen) atoms. The summed E-state index contributed by atoms with van der Waals surface area (Å²) in [5.74, 6) is 0.422. The highest BCUT2D eigenvalue weighted by Crippen LogP contribution is 2.44. The van der Waals surface area contributed by atoms with Crippen molar-refractivity contribution in [3.63, 3.8) is 0 Å². The third-order valence-corrected chi connectivity index (χ3v) is 8.17. The lowest BCUT2D eigenvalue weighted by molar-refractivity contribution is 0.323. The molecule has 0 bridgehead atoms. The Hall–Kier alpha value is -3.90. The van der Waals surface area contributed by atoms with Gasteiger partial charge >= 0.3 is 0 Å². The zero-order chi connectivity index (χ0) is 26.2. The Labute approximate surface area is 215 Å². The molecule has 2 heterocycles. The minimum absolute atomic E-state index is 0.0483. The minimum Gasteiger partial charge on any atom is -0.439 e. The van der Waals surface area contributed by atoms with Crippen LogP contribution in [-0.2, 0) is 10.0 Å². The van der Waals surface area contributed by atoms with E-state index in [9.17, 15) is 13.7 Å². The Morgan fingerprint density at radius 2 is 2.03 bits per heavy atom. The van der Waals surface area contributed by atoms with Gasteiger partial charge in [-0.1, -0.05) is 13.0 Å². The predicted molar refractivity (Wildman–Crippen MR) is 142 cm³/mol. The van der Waals surface area contributed by atoms with Crippen molar-refractivity contribution in [3.05, 3.63) is 71.7 Å². The fourth-order valence-corrected chi connectivity index (χ4v) is 5.84. The van der Waals surface area contributed by atoms with Gasteiger partial charge in [0.1, 0.15) is 17.6 Å². The summed E-state index contributed by atoms with van der Waals surface area (Å²) < 4.78 is 50.4. The molecule has 0 saturated heterocycles. The summed E-state index contributed by atoms with van der Waals surface area (Å²) in [5, 5.41) is 10.9. The lowest BCUT2D eigenvalue weighted by Crippen LogP contribution is -2.18. The number of nitrogens with zero attached hydrogens (tertiary/aromatic N) is 3. The second kappa shape index (κ2) is 9.87. The first-order valence-corrected chi connectivity index (χ1v) is 13.9. The van der Waals surface area contributed by atoms with Crippen LogP contribution in [-0.4, -0.2) is 23.7 Å². The maximum atomic E-state index is 15.5. The van der Waals surface area contributed by atoms with Crippen molar-refractivity contribution in [3.8, 4) is 29.0 Å². The van der Waals surface area contributed by atoms with Crippen LogP contribution in [0, 0.1) is 24.1 Å². The molecule has 1 fully saturated rings. The van der Waals surface area contributed by atoms with Gasteiger partial charge in [0.25, 0.3) is 0 Å². The summed E-state index contributed by atoms with van der Waals surface area (Å²) in [6.07, 6.45) is 5.01. The largest absolute Gasteiger partial charge is 0.439 e. The number of hydrogen-bond donors (Lipinski definition) is 1. The van der Waals surface area contributed by atoms with Gasteiger partial charge in [0.15, 0.2) is 0 Å². The van der Waals surface area contributed by atoms with Crippen LogP contribution < -0.4 is 9.46 Å². The number of benzene rings is 2. The second-order valence-electron chi connectivity index (χ2n) is 9.31. The topological polar surface area (TPSA) is 97.0 Å². The summed E-state index contributed by atoms with van der Waals surface area (Å²) in [5.41, 5.74) is 2.96. The number of hydrogen-bond acceptors (Lipinski definition) is 5. The van der Waals surface area contributed by atoms with Crippen LogP contribution in [0.4, 0.5) is 10.1 Å². The molecular formula is C28H27FN4O3S. The Morgan fingerprint density at radius 1 is 1.22 bits per heavy atom. The van der Waals surface area contributed by atoms with E-state index in [0.717, 1.165) is 30.3 Å². The molecule has 5 rings (SSSR count). The van der Waals surface area contributed by atoms with Gasteiger partial charge in [0.05, 0.1) is 28.2 Å². The van der Waals surface area contributed by atoms with Crippen LogP contribution in [0.2, 0.25) is 0 Å². The summed E-state index contributed by atoms with van der Waals surface area (Å²) in [6, 6.07) is 15.9. The van der Waals surface area contributed by atoms with Crippen LogP contribution in [0.5, 0.6) is 11.6 Å². The van der Waals surface area contributed by atoms with Crippen molar-refractivity contribution < 1.29 is 17.5 Å². The molecule has 0 spiro atoms. The zero-order valence-corrected chi connectivity index (χ0v) is 21.5. The monoisotopic (exact) mass is 518 g/mol. The van der Waals surface area contributed by atoms with E-state index in [-0.39, 0.29) is 23.0 Å². The third-order valence-electron chi connectivity index (χ3n) is 6.67. The number of nitrogens with one attached hydrogen (secondary N) is 1. The molecule has 2 aromatic heterocycles. The highest BCUT2D eigenvalue weighted by Gasteiger charge is 2.29. The zero-order valence-electron chi connectivity index (χ0n) is 20.7. The van der Waals surface area contributed by atoms with Gasteiger partial charge in [0.2, 0.25) is 15.9 Å². The Morgan fingerprint density at radius 3 is 2.68 bits per heavy atom. The number of sulfonamides is 1. The van der Waals surface area contributed by atoms with Gasteiger partial charge in [0, 0.05) is 34.8 Å². The van der Waals surface area contributed by atoms with Crippen LogP contribution in [0.25, 0.3) is 22.2 Å². The van der Waals surface area contributed by atoms with Gasteiger partial charge in [-0.15, -0.1) is 0 Å². The van der Waals surface area contributed by atoms with E-state index in [1.807, 2.05) is 35.8 Å². The van der Waals surface area contributed by atoms with Gasteiger partial charge in [-0.05, 0) is 69.0 Å². The molecule has 190 valence electrons. The van der Waals surface area contributed by atoms with Crippen molar-refractivity contribution in [2.75, 3.05) is 10.5 Å². The van der Waals surface area contributed by atoms with Crippen LogP contribution in [0.1, 0.15) is 49.8 Å². The highest BCUT2D eigenvalue weighted by atomic mass is 32.2. The summed E-state index contributed by atoms with van der Waals surface area (Å²) in [7, 11) is -3.56. The molecule has 1 N–H and O–H groups in total. The molecular weight excluding hydrogens is 491 g/mol. The molecule has 0 radical (unpaired) electrons. The minimum atomic E-state index is -3.56. The fourth-order valence-electron chi connectivity index (χ4n) is 4.72. The van der Waals surface area contributed by atoms with Gasteiger partial charge in [-0.25, -0.2) is 17.8 Å². The van der Waals surface area contributed by atoms with Crippen LogP contribution in [0.15, 0.2) is 54.7 Å². The smallest absolute Gasteiger partial charge is 0.232 e. The van der Waals surface area contributed by atoms with E-state index in [1.165, 1.54) is 18.2 Å². The maximum Gasteiger partial charge on any atom is 0.232 e. The van der Waals surface area contributed by atoms with Crippen molar-refractivity contribution in [1.29, 1.82) is 5.26 Å². The Kier molecular flexibility index (Phi) is 6.61. The standard InChI is InChI=1S/C28H27FN4O3S/c1-3-14-37(34,35)32-19-9-11-23(25(29)15-19)27-24(17-30)22-12-10-21(36-28-18(2)6-5-13-31-28)16-26(22)33(27)20-7-4-8-20/h5-6,9-13,15-16,20,32H,3-4,7-8,14H2,1-2H3. The molecule has 4 aromatic rings. The number of halogens is 1. The molecule has 7 nitrogen and oxygen atoms in total. The molecule has 9 heteroatoms. The predicted octanol–water partition coefficient (Wildman–Crippen LogP) is 6.69.